The van der Waals surface area contributed by atoms with Crippen LogP contribution in [0.3, 0.4) is 0 Å². The zero-order valence-electron chi connectivity index (χ0n) is 19.0. The summed E-state index contributed by atoms with van der Waals surface area (Å²) in [6.07, 6.45) is -5.60. The van der Waals surface area contributed by atoms with E-state index in [9.17, 15) is 33.6 Å². The first-order valence-electron chi connectivity index (χ1n) is 7.66. The van der Waals surface area contributed by atoms with E-state index < -0.39 is 59.8 Å². The number of hydrogen-bond donors (Lipinski definition) is 5. The molecule has 2 rings (SSSR count). The summed E-state index contributed by atoms with van der Waals surface area (Å²) in [6.45, 7) is -1.50. The van der Waals surface area contributed by atoms with Gasteiger partial charge in [0.05, 0.1) is 6.61 Å². The van der Waals surface area contributed by atoms with Crippen molar-refractivity contribution in [3.63, 3.8) is 0 Å². The van der Waals surface area contributed by atoms with Gasteiger partial charge in [-0.15, -0.1) is 0 Å². The molecule has 19 nitrogen and oxygen atoms in total. The summed E-state index contributed by atoms with van der Waals surface area (Å²) < 4.78 is 50.7. The molecule has 1 saturated heterocycles. The van der Waals surface area contributed by atoms with Crippen LogP contribution in [0.1, 0.15) is 6.23 Å². The molecule has 1 aromatic heterocycles. The smallest absolute Gasteiger partial charge is 0.850 e. The van der Waals surface area contributed by atoms with E-state index in [0.717, 1.165) is 16.8 Å². The number of phosphoric ester groups is 1. The molecule has 1 aliphatic heterocycles. The molecule has 27 heteroatoms. The van der Waals surface area contributed by atoms with Crippen molar-refractivity contribution in [1.82, 2.24) is 9.55 Å². The standard InChI is InChI=1S/C9H12N5O14P3S.4Na/c10-13-12-9(3-25-30(21,22)28-31(23,24)27-29(18,19)20)6(17)5(16)7(26-9)14-2-1-4(15)11-8(14)32;;;;/h1-2,5-7H,3H2,(H,21,22)(H,23,24)(H,11,15,32)(H2,18,19,20);;;;/q-2;4*+1/t5-,6+,7-,9-;;;;/m1..../s1. The van der Waals surface area contributed by atoms with E-state index in [1.165, 1.54) is 0 Å². The van der Waals surface area contributed by atoms with Crippen LogP contribution in [-0.2, 0) is 31.6 Å². The zero-order valence-corrected chi connectivity index (χ0v) is 30.5. The number of nitrogens with zero attached hydrogens (tertiary/aromatic N) is 4. The summed E-state index contributed by atoms with van der Waals surface area (Å²) in [5.74, 6) is 0. The summed E-state index contributed by atoms with van der Waals surface area (Å²) in [5.41, 5.74) is 5.27. The Labute approximate surface area is 294 Å². The first-order valence-corrected chi connectivity index (χ1v) is 12.6. The van der Waals surface area contributed by atoms with E-state index in [1.54, 1.807) is 0 Å². The van der Waals surface area contributed by atoms with Crippen LogP contribution >= 0.6 is 35.7 Å². The van der Waals surface area contributed by atoms with Crippen molar-refractivity contribution in [2.45, 2.75) is 24.2 Å². The molecule has 0 saturated carbocycles. The Kier molecular flexibility index (Phi) is 20.3. The van der Waals surface area contributed by atoms with Gasteiger partial charge in [0.1, 0.15) is 6.23 Å². The second-order valence-corrected chi connectivity index (χ2v) is 10.6. The van der Waals surface area contributed by atoms with Gasteiger partial charge in [-0.1, -0.05) is 17.3 Å². The van der Waals surface area contributed by atoms with Crippen LogP contribution in [0.5, 0.6) is 0 Å². The summed E-state index contributed by atoms with van der Waals surface area (Å²) >= 11 is 4.85. The number of aromatic amines is 1. The van der Waals surface area contributed by atoms with E-state index in [2.05, 4.69) is 28.2 Å². The molecular formula is C9H12N5Na4O14P3S+2. The van der Waals surface area contributed by atoms with Gasteiger partial charge in [0.15, 0.2) is 10.5 Å². The number of rotatable bonds is 9. The van der Waals surface area contributed by atoms with Gasteiger partial charge in [0.25, 0.3) is 5.56 Å². The third-order valence-corrected chi connectivity index (χ3v) is 7.63. The number of aromatic nitrogens is 2. The summed E-state index contributed by atoms with van der Waals surface area (Å²) in [7, 11) is -17.3. The molecule has 1 aromatic rings. The van der Waals surface area contributed by atoms with Crippen LogP contribution in [0.4, 0.5) is 0 Å². The maximum absolute atomic E-state index is 12.5. The minimum Gasteiger partial charge on any atom is -0.850 e. The fraction of sp³-hybridized carbons (Fsp3) is 0.556. The van der Waals surface area contributed by atoms with E-state index in [4.69, 9.17) is 37.2 Å². The van der Waals surface area contributed by atoms with E-state index in [1.807, 2.05) is 0 Å². The predicted octanol–water partition coefficient (Wildman–Crippen LogP) is -13.7. The minimum atomic E-state index is -5.87. The van der Waals surface area contributed by atoms with Gasteiger partial charge < -0.3 is 34.5 Å². The van der Waals surface area contributed by atoms with Gasteiger partial charge >= 0.3 is 142 Å². The molecule has 0 aliphatic carbocycles. The third kappa shape index (κ3) is 12.3. The van der Waals surface area contributed by atoms with Gasteiger partial charge in [-0.05, 0) is 17.7 Å². The summed E-state index contributed by atoms with van der Waals surface area (Å²) in [4.78, 5) is 51.3. The van der Waals surface area contributed by atoms with Crippen LogP contribution < -0.4 is 134 Å². The molecule has 5 N–H and O–H groups in total. The molecule has 0 spiro atoms. The van der Waals surface area contributed by atoms with Gasteiger partial charge in [0, 0.05) is 17.2 Å². The molecule has 1 fully saturated rings. The SMILES string of the molecule is [N-]=[N+]=N[C@]1(COP(=O)(O)OP(=O)(O)OP(=O)(O)O)O[C@@H](n2ccc(=O)[nH]c2=S)[C@H]([O-])[C@@H]1[O-].[Na+].[Na+].[Na+].[Na+]. The van der Waals surface area contributed by atoms with Gasteiger partial charge in [0.2, 0.25) is 0 Å². The Morgan fingerprint density at radius 2 is 1.72 bits per heavy atom. The predicted molar refractivity (Wildman–Crippen MR) is 95.3 cm³/mol. The maximum Gasteiger partial charge on any atom is 1.00 e. The minimum absolute atomic E-state index is 0. The second-order valence-electron chi connectivity index (χ2n) is 5.81. The van der Waals surface area contributed by atoms with Crippen molar-refractivity contribution in [3.05, 3.63) is 37.8 Å². The number of azide groups is 1. The molecule has 6 atom stereocenters. The largest absolute Gasteiger partial charge is 1.00 e. The van der Waals surface area contributed by atoms with E-state index >= 15 is 0 Å². The Bertz CT molecular complexity index is 1190. The maximum atomic E-state index is 12.5. The average Bonchev–Trinajstić information content (AvgIpc) is 2.83. The molecule has 0 radical (unpaired) electrons. The fourth-order valence-corrected chi connectivity index (χ4v) is 5.68. The van der Waals surface area contributed by atoms with E-state index in [0.29, 0.717) is 0 Å². The van der Waals surface area contributed by atoms with Crippen LogP contribution in [0.2, 0.25) is 0 Å². The molecule has 0 aromatic carbocycles. The quantitative estimate of drug-likeness (QED) is 0.0422. The Morgan fingerprint density at radius 1 is 1.17 bits per heavy atom. The number of hydrogen-bond acceptors (Lipinski definition) is 12. The Balaban J connectivity index is -0.00000272. The molecule has 0 bridgehead atoms. The first kappa shape index (κ1) is 43.2. The molecule has 2 unspecified atom stereocenters. The van der Waals surface area contributed by atoms with Crippen LogP contribution in [-0.4, -0.2) is 53.7 Å². The van der Waals surface area contributed by atoms with Gasteiger partial charge in [-0.25, -0.2) is 13.7 Å². The van der Waals surface area contributed by atoms with Crippen LogP contribution in [0, 0.1) is 4.77 Å². The van der Waals surface area contributed by atoms with Crippen LogP contribution in [0.15, 0.2) is 22.2 Å². The number of nitrogens with one attached hydrogen (secondary N) is 1. The van der Waals surface area contributed by atoms with Gasteiger partial charge in [-0.2, -0.15) is 8.62 Å². The van der Waals surface area contributed by atoms with Crippen molar-refractivity contribution in [1.29, 1.82) is 0 Å². The van der Waals surface area contributed by atoms with Crippen molar-refractivity contribution in [2.75, 3.05) is 6.61 Å². The van der Waals surface area contributed by atoms with Gasteiger partial charge in [-0.3, -0.25) is 18.9 Å². The molecule has 2 heterocycles. The molecule has 180 valence electrons. The monoisotopic (exact) mass is 631 g/mol. The summed E-state index contributed by atoms with van der Waals surface area (Å²) in [5, 5.41) is 27.9. The Morgan fingerprint density at radius 3 is 2.19 bits per heavy atom. The van der Waals surface area contributed by atoms with Crippen molar-refractivity contribution < 1.29 is 180 Å². The van der Waals surface area contributed by atoms with Crippen LogP contribution in [0.25, 0.3) is 10.4 Å². The van der Waals surface area contributed by atoms with E-state index in [-0.39, 0.29) is 123 Å². The second kappa shape index (κ2) is 17.0. The van der Waals surface area contributed by atoms with Crippen molar-refractivity contribution in [3.8, 4) is 0 Å². The fourth-order valence-electron chi connectivity index (χ4n) is 2.37. The first-order chi connectivity index (χ1) is 14.5. The average molecular weight is 631 g/mol. The number of H-pyrrole nitrogens is 1. The molecular weight excluding hydrogens is 619 g/mol. The molecule has 36 heavy (non-hydrogen) atoms. The zero-order chi connectivity index (χ0) is 24.5. The number of phosphoric acid groups is 3. The number of ether oxygens (including phenoxy) is 1. The normalized spacial score (nSPS) is 26.3. The van der Waals surface area contributed by atoms with Crippen molar-refractivity contribution >= 4 is 35.7 Å². The molecule has 1 aliphatic rings. The summed E-state index contributed by atoms with van der Waals surface area (Å²) in [6, 6.07) is 0.922. The Hall–Kier alpha value is 2.70. The van der Waals surface area contributed by atoms with Crippen molar-refractivity contribution in [2.24, 2.45) is 5.11 Å². The third-order valence-electron chi connectivity index (χ3n) is 3.54. The topological polar surface area (TPSA) is 302 Å². The molecule has 0 amide bonds.